The molecule has 3 rings (SSSR count). The van der Waals surface area contributed by atoms with Gasteiger partial charge in [-0.25, -0.2) is 0 Å². The third-order valence-corrected chi connectivity index (χ3v) is 4.76. The van der Waals surface area contributed by atoms with E-state index in [2.05, 4.69) is 10.6 Å². The summed E-state index contributed by atoms with van der Waals surface area (Å²) in [5.74, 6) is -0.783. The highest BCUT2D eigenvalue weighted by Gasteiger charge is 2.13. The lowest BCUT2D eigenvalue weighted by atomic mass is 10.1. The van der Waals surface area contributed by atoms with Gasteiger partial charge in [0.25, 0.3) is 5.91 Å². The summed E-state index contributed by atoms with van der Waals surface area (Å²) in [6.07, 6.45) is 0.749. The number of esters is 1. The normalized spacial score (nSPS) is 10.3. The van der Waals surface area contributed by atoms with E-state index in [1.807, 2.05) is 18.2 Å². The minimum atomic E-state index is -0.470. The largest absolute Gasteiger partial charge is 0.427 e. The molecule has 0 heterocycles. The van der Waals surface area contributed by atoms with Gasteiger partial charge in [-0.1, -0.05) is 48.0 Å². The summed E-state index contributed by atoms with van der Waals surface area (Å²) >= 11 is 6.14. The monoisotopic (exact) mass is 436 g/mol. The van der Waals surface area contributed by atoms with Gasteiger partial charge in [0.05, 0.1) is 11.4 Å². The molecule has 3 aromatic carbocycles. The summed E-state index contributed by atoms with van der Waals surface area (Å²) in [7, 11) is 0. The van der Waals surface area contributed by atoms with Gasteiger partial charge < -0.3 is 15.4 Å². The van der Waals surface area contributed by atoms with Crippen molar-refractivity contribution in [2.75, 3.05) is 10.6 Å². The average molecular weight is 437 g/mol. The molecule has 31 heavy (non-hydrogen) atoms. The maximum Gasteiger partial charge on any atom is 0.308 e. The summed E-state index contributed by atoms with van der Waals surface area (Å²) in [6, 6.07) is 20.6. The van der Waals surface area contributed by atoms with Crippen LogP contribution >= 0.6 is 11.6 Å². The molecular weight excluding hydrogens is 416 g/mol. The zero-order valence-electron chi connectivity index (χ0n) is 16.9. The molecule has 0 saturated heterocycles. The quantitative estimate of drug-likeness (QED) is 0.399. The van der Waals surface area contributed by atoms with Crippen LogP contribution in [0.3, 0.4) is 0 Å². The number of hydrogen-bond donors (Lipinski definition) is 2. The van der Waals surface area contributed by atoms with Crippen LogP contribution in [-0.2, 0) is 16.0 Å². The molecule has 0 radical (unpaired) electrons. The van der Waals surface area contributed by atoms with Crippen molar-refractivity contribution < 1.29 is 19.1 Å². The van der Waals surface area contributed by atoms with Crippen molar-refractivity contribution in [1.29, 1.82) is 0 Å². The Labute approximate surface area is 185 Å². The Morgan fingerprint density at radius 1 is 0.871 bits per heavy atom. The van der Waals surface area contributed by atoms with Crippen molar-refractivity contribution in [1.82, 2.24) is 0 Å². The maximum absolute atomic E-state index is 12.7. The molecule has 0 aromatic heterocycles. The first-order valence-electron chi connectivity index (χ1n) is 9.64. The molecule has 7 heteroatoms. The second kappa shape index (κ2) is 10.4. The van der Waals surface area contributed by atoms with Gasteiger partial charge in [-0.05, 0) is 48.4 Å². The first-order chi connectivity index (χ1) is 14.9. The second-order valence-electron chi connectivity index (χ2n) is 6.76. The Kier molecular flexibility index (Phi) is 7.40. The predicted molar refractivity (Wildman–Crippen MR) is 121 cm³/mol. The van der Waals surface area contributed by atoms with Crippen LogP contribution in [0.25, 0.3) is 0 Å². The topological polar surface area (TPSA) is 84.5 Å². The molecule has 0 fully saturated rings. The number of benzene rings is 3. The molecule has 0 atom stereocenters. The summed E-state index contributed by atoms with van der Waals surface area (Å²) < 4.78 is 5.02. The van der Waals surface area contributed by atoms with Crippen LogP contribution in [0.2, 0.25) is 5.02 Å². The van der Waals surface area contributed by atoms with Crippen LogP contribution in [0.1, 0.15) is 29.3 Å². The van der Waals surface area contributed by atoms with Crippen molar-refractivity contribution in [3.05, 3.63) is 88.9 Å². The first kappa shape index (κ1) is 22.1. The Balaban J connectivity index is 1.66. The smallest absolute Gasteiger partial charge is 0.308 e. The van der Waals surface area contributed by atoms with E-state index in [1.54, 1.807) is 48.5 Å². The number of aryl methyl sites for hydroxylation is 1. The Hall–Kier alpha value is -3.64. The van der Waals surface area contributed by atoms with Crippen LogP contribution in [0.4, 0.5) is 11.4 Å². The number of anilines is 2. The number of carbonyl (C=O) groups excluding carboxylic acids is 3. The van der Waals surface area contributed by atoms with Crippen molar-refractivity contribution >= 4 is 40.8 Å². The van der Waals surface area contributed by atoms with Crippen LogP contribution < -0.4 is 15.4 Å². The standard InChI is InChI=1S/C24H21ClN2O4/c1-16(28)31-19-9-6-8-18(15-19)24(30)27-22-12-5-4-11-21(22)26-23(29)14-13-17-7-2-3-10-20(17)25/h2-12,15H,13-14H2,1H3,(H,26,29)(H,27,30). The third kappa shape index (κ3) is 6.42. The van der Waals surface area contributed by atoms with E-state index in [1.165, 1.54) is 13.0 Å². The highest BCUT2D eigenvalue weighted by atomic mass is 35.5. The molecule has 0 aliphatic heterocycles. The molecule has 0 bridgehead atoms. The average Bonchev–Trinajstić information content (AvgIpc) is 2.74. The van der Waals surface area contributed by atoms with Gasteiger partial charge in [-0.15, -0.1) is 0 Å². The van der Waals surface area contributed by atoms with Gasteiger partial charge in [0.1, 0.15) is 5.75 Å². The molecule has 2 N–H and O–H groups in total. The maximum atomic E-state index is 12.7. The van der Waals surface area contributed by atoms with Crippen LogP contribution in [0, 0.1) is 0 Å². The summed E-state index contributed by atoms with van der Waals surface area (Å²) in [6.45, 7) is 1.29. The Morgan fingerprint density at radius 2 is 1.55 bits per heavy atom. The molecular formula is C24H21ClN2O4. The number of amides is 2. The molecule has 6 nitrogen and oxygen atoms in total. The first-order valence-corrected chi connectivity index (χ1v) is 10.0. The highest BCUT2D eigenvalue weighted by Crippen LogP contribution is 2.23. The molecule has 3 aromatic rings. The van der Waals surface area contributed by atoms with Gasteiger partial charge >= 0.3 is 5.97 Å². The van der Waals surface area contributed by atoms with E-state index in [-0.39, 0.29) is 18.1 Å². The van der Waals surface area contributed by atoms with E-state index < -0.39 is 11.9 Å². The van der Waals surface area contributed by atoms with Gasteiger partial charge in [-0.2, -0.15) is 0 Å². The number of para-hydroxylation sites is 2. The van der Waals surface area contributed by atoms with Crippen molar-refractivity contribution in [3.63, 3.8) is 0 Å². The van der Waals surface area contributed by atoms with Crippen molar-refractivity contribution in [2.24, 2.45) is 0 Å². The molecule has 0 spiro atoms. The molecule has 0 aliphatic rings. The fraction of sp³-hybridized carbons (Fsp3) is 0.125. The van der Waals surface area contributed by atoms with E-state index >= 15 is 0 Å². The number of ether oxygens (including phenoxy) is 1. The summed E-state index contributed by atoms with van der Waals surface area (Å²) in [5, 5.41) is 6.23. The third-order valence-electron chi connectivity index (χ3n) is 4.39. The van der Waals surface area contributed by atoms with Gasteiger partial charge in [0.2, 0.25) is 5.91 Å². The lowest BCUT2D eigenvalue weighted by Crippen LogP contribution is -2.17. The number of rotatable bonds is 7. The number of carbonyl (C=O) groups is 3. The molecule has 0 saturated carbocycles. The van der Waals surface area contributed by atoms with Gasteiger partial charge in [-0.3, -0.25) is 14.4 Å². The van der Waals surface area contributed by atoms with E-state index in [4.69, 9.17) is 16.3 Å². The van der Waals surface area contributed by atoms with Crippen LogP contribution in [0.5, 0.6) is 5.75 Å². The summed E-state index contributed by atoms with van der Waals surface area (Å²) in [5.41, 5.74) is 2.15. The SMILES string of the molecule is CC(=O)Oc1cccc(C(=O)Nc2ccccc2NC(=O)CCc2ccccc2Cl)c1. The second-order valence-corrected chi connectivity index (χ2v) is 7.17. The van der Waals surface area contributed by atoms with Crippen molar-refractivity contribution in [3.8, 4) is 5.75 Å². The molecule has 2 amide bonds. The fourth-order valence-corrected chi connectivity index (χ4v) is 3.15. The number of hydrogen-bond acceptors (Lipinski definition) is 4. The minimum Gasteiger partial charge on any atom is -0.427 e. The molecule has 0 aliphatic carbocycles. The van der Waals surface area contributed by atoms with Crippen molar-refractivity contribution in [2.45, 2.75) is 19.8 Å². The van der Waals surface area contributed by atoms with E-state index in [9.17, 15) is 14.4 Å². The molecule has 0 unspecified atom stereocenters. The fourth-order valence-electron chi connectivity index (χ4n) is 2.92. The van der Waals surface area contributed by atoms with Crippen LogP contribution in [0.15, 0.2) is 72.8 Å². The Bertz CT molecular complexity index is 1110. The van der Waals surface area contributed by atoms with E-state index in [0.29, 0.717) is 28.4 Å². The summed E-state index contributed by atoms with van der Waals surface area (Å²) in [4.78, 5) is 36.2. The van der Waals surface area contributed by atoms with Gasteiger partial charge in [0.15, 0.2) is 0 Å². The lowest BCUT2D eigenvalue weighted by molar-refractivity contribution is -0.131. The minimum absolute atomic E-state index is 0.196. The zero-order valence-corrected chi connectivity index (χ0v) is 17.6. The molecule has 158 valence electrons. The van der Waals surface area contributed by atoms with E-state index in [0.717, 1.165) is 5.56 Å². The van der Waals surface area contributed by atoms with Crippen LogP contribution in [-0.4, -0.2) is 17.8 Å². The highest BCUT2D eigenvalue weighted by molar-refractivity contribution is 6.31. The number of nitrogens with one attached hydrogen (secondary N) is 2. The predicted octanol–water partition coefficient (Wildman–Crippen LogP) is 5.09. The lowest BCUT2D eigenvalue weighted by Gasteiger charge is -2.13. The van der Waals surface area contributed by atoms with Gasteiger partial charge in [0, 0.05) is 23.9 Å². The Morgan fingerprint density at radius 3 is 2.26 bits per heavy atom. The number of halogens is 1. The zero-order chi connectivity index (χ0) is 22.2.